The maximum absolute atomic E-state index is 11.2. The van der Waals surface area contributed by atoms with Gasteiger partial charge in [0.15, 0.2) is 0 Å². The number of carboxylic acids is 2. The average molecular weight is 236 g/mol. The van der Waals surface area contributed by atoms with Crippen LogP contribution in [0.2, 0.25) is 0 Å². The van der Waals surface area contributed by atoms with Crippen LogP contribution in [-0.2, 0) is 19.4 Å². The van der Waals surface area contributed by atoms with Gasteiger partial charge in [-0.25, -0.2) is 8.42 Å². The summed E-state index contributed by atoms with van der Waals surface area (Å²) in [5.41, 5.74) is 0. The Labute approximate surface area is 86.8 Å². The van der Waals surface area contributed by atoms with E-state index in [4.69, 9.17) is 10.2 Å². The van der Waals surface area contributed by atoms with E-state index in [1.807, 2.05) is 0 Å². The molecule has 0 radical (unpaired) electrons. The maximum Gasteiger partial charge on any atom is 0.307 e. The molecule has 0 aromatic rings. The fraction of sp³-hybridized carbons (Fsp3) is 0.750. The summed E-state index contributed by atoms with van der Waals surface area (Å²) in [6.07, 6.45) is -0.233. The molecule has 1 rings (SSSR count). The summed E-state index contributed by atoms with van der Waals surface area (Å²) in [7, 11) is -3.28. The van der Waals surface area contributed by atoms with Crippen molar-refractivity contribution in [1.82, 2.24) is 0 Å². The van der Waals surface area contributed by atoms with Crippen LogP contribution in [0.4, 0.5) is 0 Å². The summed E-state index contributed by atoms with van der Waals surface area (Å²) < 4.78 is 22.4. The number of carboxylic acid groups (broad SMARTS) is 2. The third-order valence-corrected chi connectivity index (χ3v) is 4.32. The monoisotopic (exact) mass is 236 g/mol. The molecule has 0 saturated carbocycles. The predicted octanol–water partition coefficient (Wildman–Crippen LogP) is -0.403. The van der Waals surface area contributed by atoms with Gasteiger partial charge in [-0.3, -0.25) is 9.59 Å². The fourth-order valence-corrected chi connectivity index (χ4v) is 3.14. The molecule has 6 nitrogen and oxygen atoms in total. The first-order valence-electron chi connectivity index (χ1n) is 4.49. The molecule has 2 N–H and O–H groups in total. The smallest absolute Gasteiger partial charge is 0.307 e. The number of sulfone groups is 1. The molecular weight excluding hydrogens is 224 g/mol. The van der Waals surface area contributed by atoms with Crippen molar-refractivity contribution in [3.63, 3.8) is 0 Å². The van der Waals surface area contributed by atoms with Gasteiger partial charge in [-0.1, -0.05) is 0 Å². The zero-order valence-corrected chi connectivity index (χ0v) is 8.74. The van der Waals surface area contributed by atoms with E-state index < -0.39 is 33.6 Å². The molecule has 15 heavy (non-hydrogen) atoms. The first-order chi connectivity index (χ1) is 6.83. The molecule has 0 bridgehead atoms. The quantitative estimate of drug-likeness (QED) is 0.675. The minimum atomic E-state index is -3.28. The molecule has 86 valence electrons. The molecule has 1 aliphatic rings. The van der Waals surface area contributed by atoms with Crippen LogP contribution in [0.1, 0.15) is 12.8 Å². The van der Waals surface area contributed by atoms with E-state index in [-0.39, 0.29) is 24.3 Å². The Morgan fingerprint density at radius 3 is 1.53 bits per heavy atom. The van der Waals surface area contributed by atoms with Gasteiger partial charge in [0.2, 0.25) is 0 Å². The van der Waals surface area contributed by atoms with E-state index in [1.165, 1.54) is 0 Å². The predicted molar refractivity (Wildman–Crippen MR) is 50.1 cm³/mol. The molecule has 1 heterocycles. The molecule has 0 aromatic heterocycles. The van der Waals surface area contributed by atoms with Gasteiger partial charge in [0.05, 0.1) is 23.3 Å². The van der Waals surface area contributed by atoms with Crippen LogP contribution >= 0.6 is 0 Å². The largest absolute Gasteiger partial charge is 0.481 e. The van der Waals surface area contributed by atoms with E-state index in [9.17, 15) is 18.0 Å². The number of hydrogen-bond donors (Lipinski definition) is 2. The first kappa shape index (κ1) is 12.0. The lowest BCUT2D eigenvalue weighted by molar-refractivity contribution is -0.153. The second kappa shape index (κ2) is 4.18. The lowest BCUT2D eigenvalue weighted by atomic mass is 9.88. The SMILES string of the molecule is O=C(O)[C@@H]1CCS(=O)(=O)CC[C@H]1C(=O)O. The summed E-state index contributed by atoms with van der Waals surface area (Å²) in [4.78, 5) is 21.5. The standard InChI is InChI=1S/C8H12O6S/c9-7(10)5-1-3-15(13,14)4-2-6(5)8(11)12/h5-6H,1-4H2,(H,9,10)(H,11,12)/t5-,6-/m1/s1. The van der Waals surface area contributed by atoms with E-state index in [1.54, 1.807) is 0 Å². The molecule has 0 spiro atoms. The average Bonchev–Trinajstić information content (AvgIpc) is 2.23. The normalized spacial score (nSPS) is 30.4. The van der Waals surface area contributed by atoms with Crippen molar-refractivity contribution in [2.24, 2.45) is 11.8 Å². The molecule has 0 amide bonds. The van der Waals surface area contributed by atoms with Gasteiger partial charge in [0.25, 0.3) is 0 Å². The van der Waals surface area contributed by atoms with Crippen LogP contribution in [0.5, 0.6) is 0 Å². The van der Waals surface area contributed by atoms with Gasteiger partial charge in [0.1, 0.15) is 9.84 Å². The van der Waals surface area contributed by atoms with Crippen LogP contribution < -0.4 is 0 Å². The van der Waals surface area contributed by atoms with E-state index >= 15 is 0 Å². The Hall–Kier alpha value is -1.11. The van der Waals surface area contributed by atoms with Crippen molar-refractivity contribution >= 4 is 21.8 Å². The van der Waals surface area contributed by atoms with Crippen molar-refractivity contribution < 1.29 is 28.2 Å². The number of aliphatic carboxylic acids is 2. The van der Waals surface area contributed by atoms with Crippen molar-refractivity contribution in [2.45, 2.75) is 12.8 Å². The lowest BCUT2D eigenvalue weighted by Gasteiger charge is -2.15. The highest BCUT2D eigenvalue weighted by Crippen LogP contribution is 2.25. The zero-order valence-electron chi connectivity index (χ0n) is 7.92. The summed E-state index contributed by atoms with van der Waals surface area (Å²) in [5.74, 6) is -5.15. The van der Waals surface area contributed by atoms with Crippen molar-refractivity contribution in [1.29, 1.82) is 0 Å². The third kappa shape index (κ3) is 2.92. The molecular formula is C8H12O6S. The topological polar surface area (TPSA) is 109 Å². The highest BCUT2D eigenvalue weighted by molar-refractivity contribution is 7.91. The van der Waals surface area contributed by atoms with Crippen LogP contribution in [-0.4, -0.2) is 42.1 Å². The molecule has 2 atom stereocenters. The molecule has 1 fully saturated rings. The van der Waals surface area contributed by atoms with Crippen LogP contribution in [0.3, 0.4) is 0 Å². The van der Waals surface area contributed by atoms with Gasteiger partial charge in [0, 0.05) is 0 Å². The highest BCUT2D eigenvalue weighted by atomic mass is 32.2. The summed E-state index contributed by atoms with van der Waals surface area (Å²) in [6.45, 7) is 0. The Morgan fingerprint density at radius 1 is 0.933 bits per heavy atom. The van der Waals surface area contributed by atoms with Gasteiger partial charge < -0.3 is 10.2 Å². The molecule has 1 aliphatic heterocycles. The molecule has 0 aromatic carbocycles. The Balaban J connectivity index is 2.93. The number of rotatable bonds is 2. The number of hydrogen-bond acceptors (Lipinski definition) is 4. The van der Waals surface area contributed by atoms with Gasteiger partial charge in [-0.2, -0.15) is 0 Å². The second-order valence-corrected chi connectivity index (χ2v) is 5.92. The first-order valence-corrected chi connectivity index (χ1v) is 6.31. The number of carbonyl (C=O) groups is 2. The van der Waals surface area contributed by atoms with E-state index in [0.29, 0.717) is 0 Å². The summed E-state index contributed by atoms with van der Waals surface area (Å²) in [5, 5.41) is 17.6. The van der Waals surface area contributed by atoms with Crippen molar-refractivity contribution in [3.05, 3.63) is 0 Å². The summed E-state index contributed by atoms with van der Waals surface area (Å²) in [6, 6.07) is 0. The van der Waals surface area contributed by atoms with Gasteiger partial charge in [-0.15, -0.1) is 0 Å². The second-order valence-electron chi connectivity index (χ2n) is 3.62. The molecule has 0 aliphatic carbocycles. The van der Waals surface area contributed by atoms with Gasteiger partial charge in [-0.05, 0) is 12.8 Å². The van der Waals surface area contributed by atoms with Crippen molar-refractivity contribution in [3.8, 4) is 0 Å². The fourth-order valence-electron chi connectivity index (χ4n) is 1.71. The van der Waals surface area contributed by atoms with E-state index in [0.717, 1.165) is 0 Å². The Bertz CT molecular complexity index is 341. The third-order valence-electron chi connectivity index (χ3n) is 2.60. The van der Waals surface area contributed by atoms with Crippen LogP contribution in [0.15, 0.2) is 0 Å². The lowest BCUT2D eigenvalue weighted by Crippen LogP contribution is -2.29. The minimum absolute atomic E-state index is 0.116. The minimum Gasteiger partial charge on any atom is -0.481 e. The van der Waals surface area contributed by atoms with Crippen molar-refractivity contribution in [2.75, 3.05) is 11.5 Å². The van der Waals surface area contributed by atoms with Gasteiger partial charge >= 0.3 is 11.9 Å². The summed E-state index contributed by atoms with van der Waals surface area (Å²) >= 11 is 0. The molecule has 0 unspecified atom stereocenters. The Kier molecular flexibility index (Phi) is 3.33. The van der Waals surface area contributed by atoms with Crippen LogP contribution in [0, 0.1) is 11.8 Å². The van der Waals surface area contributed by atoms with Crippen LogP contribution in [0.25, 0.3) is 0 Å². The Morgan fingerprint density at radius 2 is 1.27 bits per heavy atom. The maximum atomic E-state index is 11.2. The molecule has 7 heteroatoms. The van der Waals surface area contributed by atoms with E-state index in [2.05, 4.69) is 0 Å². The zero-order chi connectivity index (χ0) is 11.6. The molecule has 1 saturated heterocycles. The highest BCUT2D eigenvalue weighted by Gasteiger charge is 2.37.